The highest BCUT2D eigenvalue weighted by molar-refractivity contribution is 5.79. The van der Waals surface area contributed by atoms with Crippen LogP contribution in [0, 0.1) is 5.92 Å². The second kappa shape index (κ2) is 4.86. The average Bonchev–Trinajstić information content (AvgIpc) is 1.99. The van der Waals surface area contributed by atoms with Crippen molar-refractivity contribution in [2.45, 2.75) is 52.9 Å². The normalized spacial score (nSPS) is 14.5. The van der Waals surface area contributed by atoms with Crippen LogP contribution in [0.25, 0.3) is 0 Å². The first kappa shape index (κ1) is 14.3. The van der Waals surface area contributed by atoms with Crippen molar-refractivity contribution >= 4 is 5.91 Å². The Morgan fingerprint density at radius 2 is 1.33 bits per heavy atom. The number of hydrogen-bond acceptors (Lipinski definition) is 1. The summed E-state index contributed by atoms with van der Waals surface area (Å²) < 4.78 is 37.0. The molecule has 0 bridgehead atoms. The van der Waals surface area contributed by atoms with E-state index < -0.39 is 18.0 Å². The summed E-state index contributed by atoms with van der Waals surface area (Å²) in [4.78, 5) is 12.8. The van der Waals surface area contributed by atoms with Crippen molar-refractivity contribution in [2.24, 2.45) is 5.92 Å². The van der Waals surface area contributed by atoms with Crippen molar-refractivity contribution in [3.8, 4) is 0 Å². The van der Waals surface area contributed by atoms with E-state index in [2.05, 4.69) is 0 Å². The van der Waals surface area contributed by atoms with Crippen LogP contribution >= 0.6 is 0 Å². The van der Waals surface area contributed by atoms with Gasteiger partial charge in [-0.05, 0) is 34.6 Å². The predicted octanol–water partition coefficient (Wildman–Crippen LogP) is 2.83. The van der Waals surface area contributed by atoms with Crippen LogP contribution in [-0.4, -0.2) is 29.1 Å². The van der Waals surface area contributed by atoms with Crippen LogP contribution in [0.5, 0.6) is 0 Å². The Bertz CT molecular complexity index is 215. The van der Waals surface area contributed by atoms with Crippen molar-refractivity contribution in [3.05, 3.63) is 0 Å². The second-order valence-electron chi connectivity index (χ2n) is 4.20. The van der Waals surface area contributed by atoms with E-state index >= 15 is 0 Å². The molecule has 0 aromatic carbocycles. The monoisotopic (exact) mass is 225 g/mol. The lowest BCUT2D eigenvalue weighted by Crippen LogP contribution is -2.47. The summed E-state index contributed by atoms with van der Waals surface area (Å²) in [6.07, 6.45) is -4.46. The molecule has 0 fully saturated rings. The Hall–Kier alpha value is -0.740. The Labute approximate surface area is 88.4 Å². The minimum absolute atomic E-state index is 0.220. The molecule has 0 aliphatic heterocycles. The minimum atomic E-state index is -4.46. The molecule has 0 aromatic rings. The summed E-state index contributed by atoms with van der Waals surface area (Å²) in [7, 11) is 0. The third-order valence-corrected chi connectivity index (χ3v) is 2.23. The topological polar surface area (TPSA) is 20.3 Å². The molecule has 1 amide bonds. The number of carbonyl (C=O) groups is 1. The zero-order valence-corrected chi connectivity index (χ0v) is 9.72. The summed E-state index contributed by atoms with van der Waals surface area (Å²) in [5.74, 6) is -2.78. The molecular weight excluding hydrogens is 207 g/mol. The summed E-state index contributed by atoms with van der Waals surface area (Å²) >= 11 is 0. The maximum atomic E-state index is 12.3. The van der Waals surface area contributed by atoms with Gasteiger partial charge in [0.05, 0.1) is 0 Å². The van der Waals surface area contributed by atoms with E-state index in [0.29, 0.717) is 0 Å². The van der Waals surface area contributed by atoms with Gasteiger partial charge in [-0.2, -0.15) is 13.2 Å². The van der Waals surface area contributed by atoms with Crippen LogP contribution in [0.1, 0.15) is 34.6 Å². The second-order valence-corrected chi connectivity index (χ2v) is 4.20. The molecule has 0 aliphatic rings. The van der Waals surface area contributed by atoms with Gasteiger partial charge in [-0.15, -0.1) is 0 Å². The maximum absolute atomic E-state index is 12.3. The molecule has 0 radical (unpaired) electrons. The standard InChI is InChI=1S/C10H18F3NO/c1-6(2)14(7(3)4)9(15)8(5)10(11,12)13/h6-8H,1-5H3. The number of carbonyl (C=O) groups excluding carboxylic acids is 1. The summed E-state index contributed by atoms with van der Waals surface area (Å²) in [6.45, 7) is 7.74. The van der Waals surface area contributed by atoms with Crippen molar-refractivity contribution < 1.29 is 18.0 Å². The Morgan fingerprint density at radius 1 is 1.00 bits per heavy atom. The number of halogens is 3. The Morgan fingerprint density at radius 3 is 1.53 bits per heavy atom. The number of amides is 1. The molecule has 0 aromatic heterocycles. The molecule has 5 heteroatoms. The van der Waals surface area contributed by atoms with Crippen LogP contribution in [0.3, 0.4) is 0 Å². The fourth-order valence-corrected chi connectivity index (χ4v) is 1.47. The van der Waals surface area contributed by atoms with Gasteiger partial charge in [-0.1, -0.05) is 0 Å². The van der Waals surface area contributed by atoms with E-state index in [1.54, 1.807) is 27.7 Å². The van der Waals surface area contributed by atoms with Gasteiger partial charge in [0.2, 0.25) is 5.91 Å². The third-order valence-electron chi connectivity index (χ3n) is 2.23. The molecule has 0 saturated heterocycles. The van der Waals surface area contributed by atoms with Gasteiger partial charge in [0.15, 0.2) is 0 Å². The van der Waals surface area contributed by atoms with Crippen LogP contribution in [0.15, 0.2) is 0 Å². The molecule has 0 rings (SSSR count). The lowest BCUT2D eigenvalue weighted by molar-refractivity contribution is -0.187. The van der Waals surface area contributed by atoms with E-state index in [-0.39, 0.29) is 12.1 Å². The zero-order chi connectivity index (χ0) is 12.4. The highest BCUT2D eigenvalue weighted by Crippen LogP contribution is 2.28. The van der Waals surface area contributed by atoms with Gasteiger partial charge in [0.1, 0.15) is 5.92 Å². The van der Waals surface area contributed by atoms with Crippen LogP contribution in [0.4, 0.5) is 13.2 Å². The van der Waals surface area contributed by atoms with Gasteiger partial charge in [-0.25, -0.2) is 0 Å². The van der Waals surface area contributed by atoms with Gasteiger partial charge in [-0.3, -0.25) is 4.79 Å². The molecule has 0 heterocycles. The Balaban J connectivity index is 4.81. The summed E-state index contributed by atoms with van der Waals surface area (Å²) in [5.41, 5.74) is 0. The first-order valence-corrected chi connectivity index (χ1v) is 4.98. The molecule has 15 heavy (non-hydrogen) atoms. The van der Waals surface area contributed by atoms with Gasteiger partial charge in [0.25, 0.3) is 0 Å². The summed E-state index contributed by atoms with van der Waals surface area (Å²) in [5, 5.41) is 0. The smallest absolute Gasteiger partial charge is 0.337 e. The highest BCUT2D eigenvalue weighted by Gasteiger charge is 2.43. The molecular formula is C10H18F3NO. The predicted molar refractivity (Wildman–Crippen MR) is 52.3 cm³/mol. The fourth-order valence-electron chi connectivity index (χ4n) is 1.47. The maximum Gasteiger partial charge on any atom is 0.400 e. The SMILES string of the molecule is CC(C)N(C(=O)C(C)C(F)(F)F)C(C)C. The molecule has 90 valence electrons. The van der Waals surface area contributed by atoms with Gasteiger partial charge >= 0.3 is 6.18 Å². The molecule has 2 nitrogen and oxygen atoms in total. The van der Waals surface area contributed by atoms with Crippen LogP contribution in [-0.2, 0) is 4.79 Å². The van der Waals surface area contributed by atoms with Crippen molar-refractivity contribution in [1.82, 2.24) is 4.90 Å². The van der Waals surface area contributed by atoms with Crippen molar-refractivity contribution in [1.29, 1.82) is 0 Å². The zero-order valence-electron chi connectivity index (χ0n) is 9.72. The molecule has 1 atom stereocenters. The van der Waals surface area contributed by atoms with Crippen molar-refractivity contribution in [3.63, 3.8) is 0 Å². The largest absolute Gasteiger partial charge is 0.400 e. The third kappa shape index (κ3) is 3.72. The molecule has 0 aliphatic carbocycles. The minimum Gasteiger partial charge on any atom is -0.337 e. The molecule has 0 spiro atoms. The van der Waals surface area contributed by atoms with E-state index in [1.807, 2.05) is 0 Å². The fraction of sp³-hybridized carbons (Fsp3) is 0.900. The van der Waals surface area contributed by atoms with Gasteiger partial charge in [0, 0.05) is 12.1 Å². The van der Waals surface area contributed by atoms with E-state index in [1.165, 1.54) is 4.90 Å². The number of nitrogens with zero attached hydrogens (tertiary/aromatic N) is 1. The van der Waals surface area contributed by atoms with Crippen LogP contribution in [0.2, 0.25) is 0 Å². The number of hydrogen-bond donors (Lipinski definition) is 0. The molecule has 1 unspecified atom stereocenters. The Kier molecular flexibility index (Phi) is 4.62. The average molecular weight is 225 g/mol. The van der Waals surface area contributed by atoms with E-state index in [9.17, 15) is 18.0 Å². The molecule has 0 saturated carbocycles. The first-order valence-electron chi connectivity index (χ1n) is 4.98. The van der Waals surface area contributed by atoms with E-state index in [4.69, 9.17) is 0 Å². The lowest BCUT2D eigenvalue weighted by atomic mass is 10.1. The van der Waals surface area contributed by atoms with Crippen LogP contribution < -0.4 is 0 Å². The number of alkyl halides is 3. The van der Waals surface area contributed by atoms with E-state index in [0.717, 1.165) is 6.92 Å². The quantitative estimate of drug-likeness (QED) is 0.723. The van der Waals surface area contributed by atoms with Gasteiger partial charge < -0.3 is 4.90 Å². The lowest BCUT2D eigenvalue weighted by Gasteiger charge is -2.33. The highest BCUT2D eigenvalue weighted by atomic mass is 19.4. The first-order chi connectivity index (χ1) is 6.59. The molecule has 0 N–H and O–H groups in total. The number of rotatable bonds is 3. The van der Waals surface area contributed by atoms with Crippen molar-refractivity contribution in [2.75, 3.05) is 0 Å². The summed E-state index contributed by atoms with van der Waals surface area (Å²) in [6, 6.07) is -0.440.